The van der Waals surface area contributed by atoms with Crippen molar-refractivity contribution in [3.63, 3.8) is 0 Å². The van der Waals surface area contributed by atoms with E-state index in [1.807, 2.05) is 37.4 Å². The van der Waals surface area contributed by atoms with E-state index in [9.17, 15) is 13.6 Å². The van der Waals surface area contributed by atoms with Gasteiger partial charge in [0.2, 0.25) is 0 Å². The van der Waals surface area contributed by atoms with Gasteiger partial charge in [-0.15, -0.1) is 0 Å². The van der Waals surface area contributed by atoms with Gasteiger partial charge in [-0.05, 0) is 61.7 Å². The molecule has 5 nitrogen and oxygen atoms in total. The molecular formula is C25H26F2N2O3. The van der Waals surface area contributed by atoms with E-state index in [0.29, 0.717) is 38.2 Å². The molecule has 3 aromatic rings. The van der Waals surface area contributed by atoms with Crippen LogP contribution in [0.2, 0.25) is 0 Å². The average Bonchev–Trinajstić information content (AvgIpc) is 3.10. The number of aryl methyl sites for hydroxylation is 1. The van der Waals surface area contributed by atoms with Gasteiger partial charge < -0.3 is 14.5 Å². The van der Waals surface area contributed by atoms with Gasteiger partial charge >= 0.3 is 0 Å². The van der Waals surface area contributed by atoms with Crippen molar-refractivity contribution in [1.82, 2.24) is 9.88 Å². The van der Waals surface area contributed by atoms with E-state index in [1.54, 1.807) is 19.2 Å². The second-order valence-corrected chi connectivity index (χ2v) is 9.03. The van der Waals surface area contributed by atoms with Crippen LogP contribution in [-0.4, -0.2) is 35.9 Å². The molecule has 1 saturated heterocycles. The Hall–Kier alpha value is -2.93. The molecular weight excluding hydrogens is 414 g/mol. The van der Waals surface area contributed by atoms with Crippen LogP contribution in [0.4, 0.5) is 8.78 Å². The normalized spacial score (nSPS) is 24.6. The van der Waals surface area contributed by atoms with E-state index in [2.05, 4.69) is 9.88 Å². The highest BCUT2D eigenvalue weighted by atomic mass is 19.3. The lowest BCUT2D eigenvalue weighted by Crippen LogP contribution is -2.39. The maximum atomic E-state index is 14.3. The molecule has 0 radical (unpaired) electrons. The number of aromatic amines is 1. The summed E-state index contributed by atoms with van der Waals surface area (Å²) in [7, 11) is 1.66. The summed E-state index contributed by atoms with van der Waals surface area (Å²) in [4.78, 5) is 16.2. The second-order valence-electron chi connectivity index (χ2n) is 9.03. The Morgan fingerprint density at radius 2 is 2.00 bits per heavy atom. The number of hydrogen-bond donors (Lipinski definition) is 1. The van der Waals surface area contributed by atoms with Crippen LogP contribution < -0.4 is 9.47 Å². The smallest absolute Gasteiger partial charge is 0.298 e. The van der Waals surface area contributed by atoms with Crippen molar-refractivity contribution in [1.29, 1.82) is 0 Å². The first kappa shape index (κ1) is 20.9. The molecule has 5 rings (SSSR count). The number of piperidine rings is 1. The van der Waals surface area contributed by atoms with E-state index in [-0.39, 0.29) is 12.5 Å². The number of rotatable bonds is 6. The lowest BCUT2D eigenvalue weighted by atomic mass is 9.83. The minimum absolute atomic E-state index is 0.0351. The van der Waals surface area contributed by atoms with E-state index in [0.717, 1.165) is 33.3 Å². The highest BCUT2D eigenvalue weighted by Gasteiger charge is 2.71. The fourth-order valence-corrected chi connectivity index (χ4v) is 5.31. The summed E-state index contributed by atoms with van der Waals surface area (Å²) in [6.07, 6.45) is 2.76. The number of methoxy groups -OCH3 is 1. The molecule has 0 amide bonds. The van der Waals surface area contributed by atoms with Crippen molar-refractivity contribution >= 4 is 17.4 Å². The Bertz CT molecular complexity index is 1160. The molecule has 2 aliphatic rings. The fourth-order valence-electron chi connectivity index (χ4n) is 5.31. The third kappa shape index (κ3) is 3.35. The van der Waals surface area contributed by atoms with Gasteiger partial charge in [-0.1, -0.05) is 12.1 Å². The van der Waals surface area contributed by atoms with Crippen LogP contribution in [0, 0.1) is 12.3 Å². The Kier molecular flexibility index (Phi) is 4.97. The van der Waals surface area contributed by atoms with Crippen molar-refractivity contribution in [3.8, 4) is 11.5 Å². The van der Waals surface area contributed by atoms with Gasteiger partial charge in [0.15, 0.2) is 0 Å². The van der Waals surface area contributed by atoms with Crippen LogP contribution in [0.3, 0.4) is 0 Å². The van der Waals surface area contributed by atoms with Crippen LogP contribution in [-0.2, 0) is 11.3 Å². The van der Waals surface area contributed by atoms with Gasteiger partial charge in [0.05, 0.1) is 7.11 Å². The van der Waals surface area contributed by atoms with Gasteiger partial charge in [0.1, 0.15) is 11.5 Å². The molecule has 0 unspecified atom stereocenters. The number of carbonyl (C=O) groups is 1. The first-order valence-corrected chi connectivity index (χ1v) is 10.8. The van der Waals surface area contributed by atoms with Crippen molar-refractivity contribution in [2.24, 2.45) is 5.41 Å². The Labute approximate surface area is 185 Å². The predicted octanol–water partition coefficient (Wildman–Crippen LogP) is 5.38. The zero-order valence-electron chi connectivity index (χ0n) is 18.2. The molecule has 1 saturated carbocycles. The Morgan fingerprint density at radius 1 is 1.25 bits per heavy atom. The van der Waals surface area contributed by atoms with Crippen LogP contribution in [0.15, 0.2) is 42.6 Å². The van der Waals surface area contributed by atoms with Crippen molar-refractivity contribution in [2.45, 2.75) is 44.7 Å². The van der Waals surface area contributed by atoms with Crippen molar-refractivity contribution < 1.29 is 23.0 Å². The molecule has 1 aliphatic heterocycles. The minimum Gasteiger partial charge on any atom is -0.496 e. The number of benzene rings is 2. The molecule has 32 heavy (non-hydrogen) atoms. The molecule has 2 aromatic carbocycles. The average molecular weight is 440 g/mol. The monoisotopic (exact) mass is 440 g/mol. The summed E-state index contributed by atoms with van der Waals surface area (Å²) in [6, 6.07) is 11.1. The zero-order valence-corrected chi connectivity index (χ0v) is 18.2. The SMILES string of the molecule is COc1cc(C)c2[nH]ccc2c1CN1CC[C@@]2(C[C@H]1c1ccc(OC=O)cc1)CC2(F)F. The number of halogens is 2. The third-order valence-corrected chi connectivity index (χ3v) is 7.26. The van der Waals surface area contributed by atoms with E-state index in [1.165, 1.54) is 0 Å². The molecule has 1 aliphatic carbocycles. The topological polar surface area (TPSA) is 54.6 Å². The maximum Gasteiger partial charge on any atom is 0.298 e. The lowest BCUT2D eigenvalue weighted by molar-refractivity contribution is -0.120. The summed E-state index contributed by atoms with van der Waals surface area (Å²) in [5.41, 5.74) is 3.26. The second kappa shape index (κ2) is 7.59. The highest BCUT2D eigenvalue weighted by Crippen LogP contribution is 2.68. The molecule has 1 spiro atoms. The number of H-pyrrole nitrogens is 1. The molecule has 1 aromatic heterocycles. The predicted molar refractivity (Wildman–Crippen MR) is 117 cm³/mol. The van der Waals surface area contributed by atoms with E-state index >= 15 is 0 Å². The van der Waals surface area contributed by atoms with Gasteiger partial charge in [0.25, 0.3) is 12.4 Å². The maximum absolute atomic E-state index is 14.3. The molecule has 1 N–H and O–H groups in total. The summed E-state index contributed by atoms with van der Waals surface area (Å²) in [6.45, 7) is 3.59. The van der Waals surface area contributed by atoms with Crippen LogP contribution in [0.1, 0.15) is 42.0 Å². The van der Waals surface area contributed by atoms with Crippen molar-refractivity contribution in [2.75, 3.05) is 13.7 Å². The van der Waals surface area contributed by atoms with Crippen molar-refractivity contribution in [3.05, 3.63) is 59.3 Å². The van der Waals surface area contributed by atoms with Crippen LogP contribution in [0.5, 0.6) is 11.5 Å². The number of aromatic nitrogens is 1. The summed E-state index contributed by atoms with van der Waals surface area (Å²) < 4.78 is 39.2. The molecule has 0 bridgehead atoms. The molecule has 2 fully saturated rings. The van der Waals surface area contributed by atoms with Gasteiger partial charge in [-0.2, -0.15) is 0 Å². The first-order chi connectivity index (χ1) is 15.4. The molecule has 168 valence electrons. The van der Waals surface area contributed by atoms with Crippen LogP contribution in [0.25, 0.3) is 10.9 Å². The number of fused-ring (bicyclic) bond motifs is 1. The van der Waals surface area contributed by atoms with Gasteiger partial charge in [-0.25, -0.2) is 8.78 Å². The quantitative estimate of drug-likeness (QED) is 0.523. The first-order valence-electron chi connectivity index (χ1n) is 10.8. The summed E-state index contributed by atoms with van der Waals surface area (Å²) in [5.74, 6) is -1.35. The summed E-state index contributed by atoms with van der Waals surface area (Å²) >= 11 is 0. The van der Waals surface area contributed by atoms with Gasteiger partial charge in [-0.3, -0.25) is 9.69 Å². The van der Waals surface area contributed by atoms with Crippen LogP contribution >= 0.6 is 0 Å². The minimum atomic E-state index is -2.59. The molecule has 7 heteroatoms. The number of likely N-dealkylation sites (tertiary alicyclic amines) is 1. The Morgan fingerprint density at radius 3 is 2.66 bits per heavy atom. The number of nitrogens with zero attached hydrogens (tertiary/aromatic N) is 1. The van der Waals surface area contributed by atoms with E-state index < -0.39 is 11.3 Å². The Balaban J connectivity index is 1.51. The summed E-state index contributed by atoms with van der Waals surface area (Å²) in [5, 5.41) is 1.09. The zero-order chi connectivity index (χ0) is 22.5. The molecule has 2 heterocycles. The standard InChI is InChI=1S/C25H26F2N2O3/c1-16-11-22(31-2)20(19-7-9-28-23(16)19)13-29-10-8-24(14-25(24,26)27)12-21(29)17-3-5-18(6-4-17)32-15-30/h3-7,9,11,15,21,28H,8,10,12-14H2,1-2H3/t21-,24+/m0/s1. The number of nitrogens with one attached hydrogen (secondary N) is 1. The number of alkyl halides is 2. The largest absolute Gasteiger partial charge is 0.496 e. The third-order valence-electron chi connectivity index (χ3n) is 7.26. The molecule has 2 atom stereocenters. The number of hydrogen-bond acceptors (Lipinski definition) is 4. The number of carbonyl (C=O) groups excluding carboxylic acids is 1. The van der Waals surface area contributed by atoms with Gasteiger partial charge in [0, 0.05) is 47.1 Å². The lowest BCUT2D eigenvalue weighted by Gasteiger charge is -2.40. The highest BCUT2D eigenvalue weighted by molar-refractivity contribution is 5.88. The van der Waals surface area contributed by atoms with E-state index in [4.69, 9.17) is 9.47 Å². The fraction of sp³-hybridized carbons (Fsp3) is 0.400. The number of ether oxygens (including phenoxy) is 2.